The highest BCUT2D eigenvalue weighted by atomic mass is 32.1. The summed E-state index contributed by atoms with van der Waals surface area (Å²) >= 11 is 1.75. The number of carbonyl (C=O) groups excluding carboxylic acids is 1. The van der Waals surface area contributed by atoms with Gasteiger partial charge in [0.15, 0.2) is 0 Å². The molecule has 1 aromatic heterocycles. The summed E-state index contributed by atoms with van der Waals surface area (Å²) in [6.45, 7) is 4.12. The van der Waals surface area contributed by atoms with Crippen LogP contribution in [0.2, 0.25) is 0 Å². The number of nitrogens with zero attached hydrogens (tertiary/aromatic N) is 2. The number of rotatable bonds is 3. The Morgan fingerprint density at radius 3 is 3.00 bits per heavy atom. The zero-order valence-electron chi connectivity index (χ0n) is 11.6. The molecule has 19 heavy (non-hydrogen) atoms. The minimum atomic E-state index is 0.303. The molecule has 1 aromatic rings. The first-order valence-corrected chi connectivity index (χ1v) is 8.30. The summed E-state index contributed by atoms with van der Waals surface area (Å²) in [6, 6.07) is 0.483. The molecule has 0 amide bonds. The molecular weight excluding hydrogens is 256 g/mol. The summed E-state index contributed by atoms with van der Waals surface area (Å²) in [4.78, 5) is 19.2. The predicted octanol–water partition coefficient (Wildman–Crippen LogP) is 3.18. The van der Waals surface area contributed by atoms with Gasteiger partial charge < -0.3 is 0 Å². The molecule has 4 heteroatoms. The van der Waals surface area contributed by atoms with Crippen molar-refractivity contribution < 1.29 is 4.79 Å². The van der Waals surface area contributed by atoms with Crippen LogP contribution in [0, 0.1) is 12.8 Å². The van der Waals surface area contributed by atoms with Crippen molar-refractivity contribution in [2.24, 2.45) is 5.92 Å². The molecule has 0 aromatic carbocycles. The second-order valence-corrected chi connectivity index (χ2v) is 6.82. The fourth-order valence-electron chi connectivity index (χ4n) is 3.57. The number of Topliss-reactive ketones (excluding diaryl/α,β-unsaturated/α-hetero) is 1. The topological polar surface area (TPSA) is 33.2 Å². The van der Waals surface area contributed by atoms with Crippen LogP contribution >= 0.6 is 11.3 Å². The van der Waals surface area contributed by atoms with Crippen LogP contribution in [-0.2, 0) is 11.3 Å². The van der Waals surface area contributed by atoms with E-state index in [1.807, 2.05) is 6.92 Å². The fourth-order valence-corrected chi connectivity index (χ4v) is 4.37. The Kier molecular flexibility index (Phi) is 3.99. The Morgan fingerprint density at radius 2 is 2.26 bits per heavy atom. The third-order valence-corrected chi connectivity index (χ3v) is 5.44. The summed E-state index contributed by atoms with van der Waals surface area (Å²) in [5, 5.41) is 3.32. The van der Waals surface area contributed by atoms with Crippen molar-refractivity contribution in [3.8, 4) is 0 Å². The average Bonchev–Trinajstić information content (AvgIpc) is 3.00. The molecule has 2 heterocycles. The van der Waals surface area contributed by atoms with Crippen LogP contribution in [0.5, 0.6) is 0 Å². The molecule has 3 rings (SSSR count). The summed E-state index contributed by atoms with van der Waals surface area (Å²) in [7, 11) is 0. The van der Waals surface area contributed by atoms with E-state index in [0.29, 0.717) is 17.7 Å². The summed E-state index contributed by atoms with van der Waals surface area (Å²) in [5.41, 5.74) is 1.12. The maximum Gasteiger partial charge on any atom is 0.137 e. The lowest BCUT2D eigenvalue weighted by Crippen LogP contribution is -2.40. The summed E-state index contributed by atoms with van der Waals surface area (Å²) < 4.78 is 0. The molecule has 0 N–H and O–H groups in total. The van der Waals surface area contributed by atoms with E-state index in [-0.39, 0.29) is 0 Å². The van der Waals surface area contributed by atoms with Crippen LogP contribution in [0.25, 0.3) is 0 Å². The largest absolute Gasteiger partial charge is 0.299 e. The molecule has 2 fully saturated rings. The Balaban J connectivity index is 1.68. The highest BCUT2D eigenvalue weighted by molar-refractivity contribution is 7.09. The van der Waals surface area contributed by atoms with Gasteiger partial charge in [-0.3, -0.25) is 9.69 Å². The van der Waals surface area contributed by atoms with Crippen LogP contribution in [-0.4, -0.2) is 28.3 Å². The summed E-state index contributed by atoms with van der Waals surface area (Å²) in [6.07, 6.45) is 6.69. The van der Waals surface area contributed by atoms with Crippen LogP contribution in [0.3, 0.4) is 0 Å². The van der Waals surface area contributed by atoms with Crippen molar-refractivity contribution >= 4 is 17.1 Å². The van der Waals surface area contributed by atoms with Crippen molar-refractivity contribution in [3.05, 3.63) is 16.1 Å². The lowest BCUT2D eigenvalue weighted by molar-refractivity contribution is -0.126. The molecule has 104 valence electrons. The monoisotopic (exact) mass is 278 g/mol. The van der Waals surface area contributed by atoms with Gasteiger partial charge in [-0.1, -0.05) is 6.42 Å². The van der Waals surface area contributed by atoms with Gasteiger partial charge in [0.2, 0.25) is 0 Å². The third kappa shape index (κ3) is 2.90. The van der Waals surface area contributed by atoms with E-state index in [1.54, 1.807) is 11.3 Å². The zero-order chi connectivity index (χ0) is 13.2. The molecule has 0 spiro atoms. The first-order chi connectivity index (χ1) is 9.24. The van der Waals surface area contributed by atoms with E-state index in [2.05, 4.69) is 15.3 Å². The van der Waals surface area contributed by atoms with Crippen molar-refractivity contribution in [1.82, 2.24) is 9.88 Å². The molecule has 2 aliphatic rings. The molecule has 0 bridgehead atoms. The standard InChI is InChI=1S/C15H22N2OS/c1-11-10-19-15(16-11)9-17-8-4-6-13(17)12-5-2-3-7-14(12)18/h10,12-13H,2-9H2,1H3. The minimum Gasteiger partial charge on any atom is -0.299 e. The molecular formula is C15H22N2OS. The first kappa shape index (κ1) is 13.3. The van der Waals surface area contributed by atoms with Crippen molar-refractivity contribution in [2.75, 3.05) is 6.54 Å². The second kappa shape index (κ2) is 5.71. The molecule has 1 aliphatic heterocycles. The summed E-state index contributed by atoms with van der Waals surface area (Å²) in [5.74, 6) is 0.816. The molecule has 1 saturated heterocycles. The van der Waals surface area contributed by atoms with Gasteiger partial charge in [-0.25, -0.2) is 4.98 Å². The lowest BCUT2D eigenvalue weighted by Gasteiger charge is -2.32. The zero-order valence-corrected chi connectivity index (χ0v) is 12.4. The molecule has 0 radical (unpaired) electrons. The molecule has 1 saturated carbocycles. The minimum absolute atomic E-state index is 0.303. The van der Waals surface area contributed by atoms with Gasteiger partial charge >= 0.3 is 0 Å². The van der Waals surface area contributed by atoms with Gasteiger partial charge in [0, 0.05) is 29.5 Å². The number of likely N-dealkylation sites (tertiary alicyclic amines) is 1. The highest BCUT2D eigenvalue weighted by Gasteiger charge is 2.36. The molecule has 3 nitrogen and oxygen atoms in total. The van der Waals surface area contributed by atoms with E-state index < -0.39 is 0 Å². The smallest absolute Gasteiger partial charge is 0.137 e. The van der Waals surface area contributed by atoms with Gasteiger partial charge in [-0.05, 0) is 39.2 Å². The first-order valence-electron chi connectivity index (χ1n) is 7.42. The van der Waals surface area contributed by atoms with Crippen molar-refractivity contribution in [1.29, 1.82) is 0 Å². The lowest BCUT2D eigenvalue weighted by atomic mass is 9.82. The normalized spacial score (nSPS) is 29.0. The fraction of sp³-hybridized carbons (Fsp3) is 0.733. The van der Waals surface area contributed by atoms with E-state index in [4.69, 9.17) is 0 Å². The van der Waals surface area contributed by atoms with Crippen molar-refractivity contribution in [3.63, 3.8) is 0 Å². The van der Waals surface area contributed by atoms with E-state index in [1.165, 1.54) is 24.3 Å². The number of aryl methyl sites for hydroxylation is 1. The van der Waals surface area contributed by atoms with E-state index >= 15 is 0 Å². The Hall–Kier alpha value is -0.740. The second-order valence-electron chi connectivity index (χ2n) is 5.88. The van der Waals surface area contributed by atoms with Crippen molar-refractivity contribution in [2.45, 2.75) is 58.0 Å². The van der Waals surface area contributed by atoms with Gasteiger partial charge in [0.25, 0.3) is 0 Å². The SMILES string of the molecule is Cc1csc(CN2CCCC2C2CCCCC2=O)n1. The maximum absolute atomic E-state index is 12.1. The van der Waals surface area contributed by atoms with Gasteiger partial charge in [-0.2, -0.15) is 0 Å². The highest BCUT2D eigenvalue weighted by Crippen LogP contribution is 2.33. The van der Waals surface area contributed by atoms with Gasteiger partial charge in [-0.15, -0.1) is 11.3 Å². The number of carbonyl (C=O) groups is 1. The maximum atomic E-state index is 12.1. The predicted molar refractivity (Wildman–Crippen MR) is 77.2 cm³/mol. The Labute approximate surface area is 119 Å². The van der Waals surface area contributed by atoms with E-state index in [9.17, 15) is 4.79 Å². The van der Waals surface area contributed by atoms with Gasteiger partial charge in [0.05, 0.1) is 6.54 Å². The van der Waals surface area contributed by atoms with Gasteiger partial charge in [0.1, 0.15) is 10.8 Å². The van der Waals surface area contributed by atoms with Crippen LogP contribution in [0.1, 0.15) is 49.2 Å². The number of hydrogen-bond donors (Lipinski definition) is 0. The van der Waals surface area contributed by atoms with Crippen LogP contribution in [0.15, 0.2) is 5.38 Å². The number of hydrogen-bond acceptors (Lipinski definition) is 4. The molecule has 1 aliphatic carbocycles. The van der Waals surface area contributed by atoms with Crippen LogP contribution in [0.4, 0.5) is 0 Å². The van der Waals surface area contributed by atoms with Crippen LogP contribution < -0.4 is 0 Å². The molecule has 2 atom stereocenters. The quantitative estimate of drug-likeness (QED) is 0.851. The number of aromatic nitrogens is 1. The average molecular weight is 278 g/mol. The van der Waals surface area contributed by atoms with E-state index in [0.717, 1.165) is 38.0 Å². The Bertz CT molecular complexity index is 457. The third-order valence-electron chi connectivity index (χ3n) is 4.49. The Morgan fingerprint density at radius 1 is 1.37 bits per heavy atom. The molecule has 2 unspecified atom stereocenters. The number of ketones is 1. The number of thiazole rings is 1.